The maximum absolute atomic E-state index is 12.4. The first-order chi connectivity index (χ1) is 7.90. The van der Waals surface area contributed by atoms with Crippen LogP contribution in [0.2, 0.25) is 0 Å². The van der Waals surface area contributed by atoms with Gasteiger partial charge in [0, 0.05) is 6.04 Å². The van der Waals surface area contributed by atoms with Gasteiger partial charge in [0.15, 0.2) is 0 Å². The summed E-state index contributed by atoms with van der Waals surface area (Å²) >= 11 is 0. The fraction of sp³-hybridized carbons (Fsp3) is 0.538. The van der Waals surface area contributed by atoms with Gasteiger partial charge in [-0.25, -0.2) is 0 Å². The van der Waals surface area contributed by atoms with Crippen LogP contribution in [0.15, 0.2) is 24.3 Å². The number of hydrogen-bond acceptors (Lipinski definition) is 1. The van der Waals surface area contributed by atoms with E-state index >= 15 is 0 Å². The van der Waals surface area contributed by atoms with E-state index in [0.717, 1.165) is 24.1 Å². The zero-order valence-electron chi connectivity index (χ0n) is 10.3. The number of likely N-dealkylation sites (N-methyl/N-ethyl adjacent to an activating group) is 1. The Hall–Kier alpha value is -1.03. The standard InChI is InChI=1S/C13H18F3N/c1-4-12(9(2)17-3)10-5-7-11(8-6-10)13(14,15)16/h5-9,12,17H,4H2,1-3H3. The molecule has 17 heavy (non-hydrogen) atoms. The first-order valence-electron chi connectivity index (χ1n) is 5.74. The van der Waals surface area contributed by atoms with Crippen LogP contribution in [0.4, 0.5) is 13.2 Å². The first-order valence-corrected chi connectivity index (χ1v) is 5.74. The highest BCUT2D eigenvalue weighted by atomic mass is 19.4. The maximum Gasteiger partial charge on any atom is 0.416 e. The van der Waals surface area contributed by atoms with E-state index in [1.807, 2.05) is 20.9 Å². The highest BCUT2D eigenvalue weighted by molar-refractivity contribution is 5.27. The quantitative estimate of drug-likeness (QED) is 0.850. The molecule has 0 spiro atoms. The van der Waals surface area contributed by atoms with E-state index < -0.39 is 11.7 Å². The summed E-state index contributed by atoms with van der Waals surface area (Å²) in [6.45, 7) is 4.07. The topological polar surface area (TPSA) is 12.0 Å². The van der Waals surface area contributed by atoms with Gasteiger partial charge in [0.05, 0.1) is 5.56 Å². The number of nitrogens with one attached hydrogen (secondary N) is 1. The lowest BCUT2D eigenvalue weighted by atomic mass is 9.89. The molecule has 0 fully saturated rings. The van der Waals surface area contributed by atoms with Gasteiger partial charge < -0.3 is 5.32 Å². The van der Waals surface area contributed by atoms with Crippen LogP contribution >= 0.6 is 0 Å². The van der Waals surface area contributed by atoms with Gasteiger partial charge in [0.2, 0.25) is 0 Å². The largest absolute Gasteiger partial charge is 0.416 e. The van der Waals surface area contributed by atoms with E-state index in [4.69, 9.17) is 0 Å². The van der Waals surface area contributed by atoms with Crippen LogP contribution in [0.25, 0.3) is 0 Å². The molecular formula is C13H18F3N. The molecule has 1 N–H and O–H groups in total. The van der Waals surface area contributed by atoms with E-state index in [-0.39, 0.29) is 12.0 Å². The van der Waals surface area contributed by atoms with Gasteiger partial charge in [-0.1, -0.05) is 19.1 Å². The van der Waals surface area contributed by atoms with Gasteiger partial charge in [0.25, 0.3) is 0 Å². The molecule has 1 aromatic rings. The second-order valence-electron chi connectivity index (χ2n) is 4.21. The number of rotatable bonds is 4. The van der Waals surface area contributed by atoms with Crippen LogP contribution in [-0.2, 0) is 6.18 Å². The van der Waals surface area contributed by atoms with Crippen LogP contribution < -0.4 is 5.32 Å². The number of hydrogen-bond donors (Lipinski definition) is 1. The molecule has 0 aliphatic rings. The zero-order valence-corrected chi connectivity index (χ0v) is 10.3. The molecule has 1 nitrogen and oxygen atoms in total. The average molecular weight is 245 g/mol. The molecule has 1 aromatic carbocycles. The Morgan fingerprint density at radius 3 is 2.06 bits per heavy atom. The number of benzene rings is 1. The summed E-state index contributed by atoms with van der Waals surface area (Å²) in [6.07, 6.45) is -3.36. The van der Waals surface area contributed by atoms with Gasteiger partial charge in [-0.05, 0) is 44.0 Å². The van der Waals surface area contributed by atoms with Crippen LogP contribution in [-0.4, -0.2) is 13.1 Å². The normalized spacial score (nSPS) is 15.6. The van der Waals surface area contributed by atoms with Gasteiger partial charge in [-0.3, -0.25) is 0 Å². The van der Waals surface area contributed by atoms with Crippen molar-refractivity contribution in [3.63, 3.8) is 0 Å². The van der Waals surface area contributed by atoms with Gasteiger partial charge in [-0.2, -0.15) is 13.2 Å². The fourth-order valence-electron chi connectivity index (χ4n) is 2.00. The molecule has 2 unspecified atom stereocenters. The maximum atomic E-state index is 12.4. The molecule has 0 heterocycles. The summed E-state index contributed by atoms with van der Waals surface area (Å²) in [4.78, 5) is 0. The lowest BCUT2D eigenvalue weighted by Gasteiger charge is -2.23. The minimum Gasteiger partial charge on any atom is -0.317 e. The van der Waals surface area contributed by atoms with Crippen LogP contribution in [0.5, 0.6) is 0 Å². The lowest BCUT2D eigenvalue weighted by molar-refractivity contribution is -0.137. The third kappa shape index (κ3) is 3.46. The molecular weight excluding hydrogens is 227 g/mol. The summed E-state index contributed by atoms with van der Waals surface area (Å²) in [5, 5.41) is 3.14. The molecule has 0 amide bonds. The molecule has 0 radical (unpaired) electrons. The monoisotopic (exact) mass is 245 g/mol. The number of alkyl halides is 3. The highest BCUT2D eigenvalue weighted by Crippen LogP contribution is 2.31. The van der Waals surface area contributed by atoms with E-state index in [2.05, 4.69) is 5.32 Å². The fourth-order valence-corrected chi connectivity index (χ4v) is 2.00. The molecule has 0 aliphatic carbocycles. The summed E-state index contributed by atoms with van der Waals surface area (Å²) in [5.74, 6) is 0.238. The molecule has 0 bridgehead atoms. The smallest absolute Gasteiger partial charge is 0.317 e. The van der Waals surface area contributed by atoms with Crippen LogP contribution in [0.3, 0.4) is 0 Å². The highest BCUT2D eigenvalue weighted by Gasteiger charge is 2.30. The van der Waals surface area contributed by atoms with Crippen molar-refractivity contribution >= 4 is 0 Å². The van der Waals surface area contributed by atoms with Crippen molar-refractivity contribution in [2.75, 3.05) is 7.05 Å². The van der Waals surface area contributed by atoms with E-state index in [9.17, 15) is 13.2 Å². The second kappa shape index (κ2) is 5.54. The molecule has 4 heteroatoms. The Balaban J connectivity index is 2.93. The molecule has 0 saturated carbocycles. The predicted molar refractivity (Wildman–Crippen MR) is 63.0 cm³/mol. The summed E-state index contributed by atoms with van der Waals surface area (Å²) < 4.78 is 37.2. The van der Waals surface area contributed by atoms with Crippen molar-refractivity contribution in [1.29, 1.82) is 0 Å². The van der Waals surface area contributed by atoms with Gasteiger partial charge in [-0.15, -0.1) is 0 Å². The Morgan fingerprint density at radius 2 is 1.71 bits per heavy atom. The van der Waals surface area contributed by atoms with E-state index in [1.54, 1.807) is 12.1 Å². The number of halogens is 3. The van der Waals surface area contributed by atoms with Gasteiger partial charge >= 0.3 is 6.18 Å². The predicted octanol–water partition coefficient (Wildman–Crippen LogP) is 3.81. The Labute approximate surface area is 100 Å². The zero-order chi connectivity index (χ0) is 13.1. The van der Waals surface area contributed by atoms with Crippen molar-refractivity contribution in [2.24, 2.45) is 0 Å². The molecule has 1 rings (SSSR count). The average Bonchev–Trinajstić information content (AvgIpc) is 2.29. The minimum atomic E-state index is -4.26. The van der Waals surface area contributed by atoms with Gasteiger partial charge in [0.1, 0.15) is 0 Å². The molecule has 2 atom stereocenters. The summed E-state index contributed by atoms with van der Waals surface area (Å²) in [7, 11) is 1.86. The Kier molecular flexibility index (Phi) is 4.57. The van der Waals surface area contributed by atoms with Crippen LogP contribution in [0, 0.1) is 0 Å². The summed E-state index contributed by atoms with van der Waals surface area (Å²) in [5.41, 5.74) is 0.357. The molecule has 0 aromatic heterocycles. The Morgan fingerprint density at radius 1 is 1.18 bits per heavy atom. The van der Waals surface area contributed by atoms with E-state index in [1.165, 1.54) is 0 Å². The second-order valence-corrected chi connectivity index (χ2v) is 4.21. The SMILES string of the molecule is CCC(c1ccc(C(F)(F)F)cc1)C(C)NC. The van der Waals surface area contributed by atoms with Crippen molar-refractivity contribution in [3.8, 4) is 0 Å². The molecule has 0 aliphatic heterocycles. The van der Waals surface area contributed by atoms with Crippen molar-refractivity contribution < 1.29 is 13.2 Å². The summed E-state index contributed by atoms with van der Waals surface area (Å²) in [6, 6.07) is 5.70. The lowest BCUT2D eigenvalue weighted by Crippen LogP contribution is -2.28. The minimum absolute atomic E-state index is 0.238. The van der Waals surface area contributed by atoms with Crippen molar-refractivity contribution in [1.82, 2.24) is 5.32 Å². The van der Waals surface area contributed by atoms with E-state index in [0.29, 0.717) is 0 Å². The molecule has 0 saturated heterocycles. The molecule has 96 valence electrons. The Bertz CT molecular complexity index is 343. The van der Waals surface area contributed by atoms with Crippen LogP contribution in [0.1, 0.15) is 37.3 Å². The van der Waals surface area contributed by atoms with Crippen molar-refractivity contribution in [2.45, 2.75) is 38.4 Å². The van der Waals surface area contributed by atoms with Crippen molar-refractivity contribution in [3.05, 3.63) is 35.4 Å². The first kappa shape index (κ1) is 14.0. The third-order valence-electron chi connectivity index (χ3n) is 3.16. The third-order valence-corrected chi connectivity index (χ3v) is 3.16.